The Bertz CT molecular complexity index is 549. The fraction of sp³-hybridized carbons (Fsp3) is 0.357. The maximum absolute atomic E-state index is 11.9. The van der Waals surface area contributed by atoms with Gasteiger partial charge >= 0.3 is 0 Å². The zero-order valence-corrected chi connectivity index (χ0v) is 11.5. The first-order valence-corrected chi connectivity index (χ1v) is 6.49. The Morgan fingerprint density at radius 3 is 2.60 bits per heavy atom. The number of rotatable bonds is 5. The van der Waals surface area contributed by atoms with Gasteiger partial charge in [0.15, 0.2) is 0 Å². The van der Waals surface area contributed by atoms with E-state index in [-0.39, 0.29) is 5.91 Å². The van der Waals surface area contributed by atoms with Crippen molar-refractivity contribution in [3.05, 3.63) is 30.7 Å². The summed E-state index contributed by atoms with van der Waals surface area (Å²) >= 11 is 0. The number of carbonyl (C=O) groups is 1. The highest BCUT2D eigenvalue weighted by molar-refractivity contribution is 5.94. The first-order chi connectivity index (χ1) is 9.56. The second kappa shape index (κ2) is 6.29. The molecule has 2 rings (SSSR count). The van der Waals surface area contributed by atoms with Crippen LogP contribution in [0.5, 0.6) is 0 Å². The summed E-state index contributed by atoms with van der Waals surface area (Å²) in [4.78, 5) is 11.9. The number of benzene rings is 1. The third-order valence-corrected chi connectivity index (χ3v) is 2.82. The van der Waals surface area contributed by atoms with Crippen molar-refractivity contribution in [2.24, 2.45) is 11.7 Å². The summed E-state index contributed by atoms with van der Waals surface area (Å²) < 4.78 is 5.09. The normalized spacial score (nSPS) is 12.4. The molecule has 0 saturated carbocycles. The van der Waals surface area contributed by atoms with Crippen molar-refractivity contribution in [1.29, 1.82) is 0 Å². The van der Waals surface area contributed by atoms with E-state index in [4.69, 9.17) is 10.2 Å². The van der Waals surface area contributed by atoms with Crippen molar-refractivity contribution in [3.63, 3.8) is 0 Å². The van der Waals surface area contributed by atoms with E-state index in [1.807, 2.05) is 13.8 Å². The lowest BCUT2D eigenvalue weighted by molar-refractivity contribution is -0.117. The van der Waals surface area contributed by atoms with Crippen LogP contribution in [0.4, 0.5) is 5.69 Å². The molecule has 6 nitrogen and oxygen atoms in total. The number of nitrogens with two attached hydrogens (primary N) is 1. The van der Waals surface area contributed by atoms with Gasteiger partial charge in [0.1, 0.15) is 0 Å². The van der Waals surface area contributed by atoms with Crippen LogP contribution in [0.15, 0.2) is 35.1 Å². The molecule has 106 valence electrons. The second-order valence-corrected chi connectivity index (χ2v) is 5.05. The topological polar surface area (TPSA) is 94.0 Å². The van der Waals surface area contributed by atoms with Crippen LogP contribution in [-0.2, 0) is 4.79 Å². The molecule has 0 aliphatic heterocycles. The summed E-state index contributed by atoms with van der Waals surface area (Å²) in [6.07, 6.45) is 1.93. The van der Waals surface area contributed by atoms with Gasteiger partial charge in [-0.2, -0.15) is 0 Å². The van der Waals surface area contributed by atoms with Crippen LogP contribution < -0.4 is 11.1 Å². The van der Waals surface area contributed by atoms with E-state index < -0.39 is 6.04 Å². The Morgan fingerprint density at radius 2 is 2.05 bits per heavy atom. The van der Waals surface area contributed by atoms with Crippen LogP contribution in [0, 0.1) is 5.92 Å². The third-order valence-electron chi connectivity index (χ3n) is 2.82. The van der Waals surface area contributed by atoms with Crippen LogP contribution in [0.1, 0.15) is 20.3 Å². The number of anilines is 1. The number of hydrogen-bond acceptors (Lipinski definition) is 5. The minimum atomic E-state index is -0.495. The average molecular weight is 274 g/mol. The zero-order chi connectivity index (χ0) is 14.5. The van der Waals surface area contributed by atoms with E-state index in [0.29, 0.717) is 23.9 Å². The molecule has 0 radical (unpaired) electrons. The minimum Gasteiger partial charge on any atom is -0.423 e. The largest absolute Gasteiger partial charge is 0.423 e. The van der Waals surface area contributed by atoms with Crippen LogP contribution in [0.2, 0.25) is 0 Å². The van der Waals surface area contributed by atoms with Crippen LogP contribution in [-0.4, -0.2) is 22.1 Å². The molecule has 0 bridgehead atoms. The molecular formula is C14H18N4O2. The van der Waals surface area contributed by atoms with Crippen molar-refractivity contribution in [3.8, 4) is 11.5 Å². The lowest BCUT2D eigenvalue weighted by Crippen LogP contribution is -2.36. The molecule has 1 aromatic carbocycles. The molecule has 6 heteroatoms. The SMILES string of the molecule is CC(C)C[C@@H](N)C(=O)Nc1ccc(-c2nnco2)cc1. The van der Waals surface area contributed by atoms with Gasteiger partial charge in [-0.15, -0.1) is 10.2 Å². The maximum Gasteiger partial charge on any atom is 0.247 e. The van der Waals surface area contributed by atoms with Gasteiger partial charge in [-0.05, 0) is 36.6 Å². The van der Waals surface area contributed by atoms with Crippen molar-refractivity contribution >= 4 is 11.6 Å². The molecule has 0 aliphatic rings. The smallest absolute Gasteiger partial charge is 0.247 e. The Hall–Kier alpha value is -2.21. The number of nitrogens with zero attached hydrogens (tertiary/aromatic N) is 2. The number of aromatic nitrogens is 2. The summed E-state index contributed by atoms with van der Waals surface area (Å²) in [7, 11) is 0. The van der Waals surface area contributed by atoms with Crippen LogP contribution in [0.3, 0.4) is 0 Å². The number of carbonyl (C=O) groups excluding carboxylic acids is 1. The zero-order valence-electron chi connectivity index (χ0n) is 11.5. The summed E-state index contributed by atoms with van der Waals surface area (Å²) in [5.41, 5.74) is 7.32. The summed E-state index contributed by atoms with van der Waals surface area (Å²) in [5.74, 6) is 0.652. The van der Waals surface area contributed by atoms with E-state index in [2.05, 4.69) is 15.5 Å². The Kier molecular flexibility index (Phi) is 4.47. The number of amides is 1. The van der Waals surface area contributed by atoms with Gasteiger partial charge in [0.05, 0.1) is 6.04 Å². The van der Waals surface area contributed by atoms with Gasteiger partial charge in [0.2, 0.25) is 18.2 Å². The first-order valence-electron chi connectivity index (χ1n) is 6.49. The van der Waals surface area contributed by atoms with Crippen molar-refractivity contribution < 1.29 is 9.21 Å². The molecular weight excluding hydrogens is 256 g/mol. The van der Waals surface area contributed by atoms with E-state index >= 15 is 0 Å². The highest BCUT2D eigenvalue weighted by Crippen LogP contribution is 2.19. The Balaban J connectivity index is 1.99. The van der Waals surface area contributed by atoms with E-state index in [1.165, 1.54) is 6.39 Å². The van der Waals surface area contributed by atoms with Crippen LogP contribution in [0.25, 0.3) is 11.5 Å². The second-order valence-electron chi connectivity index (χ2n) is 5.05. The predicted molar refractivity (Wildman–Crippen MR) is 75.8 cm³/mol. The Morgan fingerprint density at radius 1 is 1.35 bits per heavy atom. The fourth-order valence-electron chi connectivity index (χ4n) is 1.84. The van der Waals surface area contributed by atoms with Crippen molar-refractivity contribution in [1.82, 2.24) is 10.2 Å². The van der Waals surface area contributed by atoms with Gasteiger partial charge in [-0.1, -0.05) is 13.8 Å². The lowest BCUT2D eigenvalue weighted by Gasteiger charge is -2.14. The van der Waals surface area contributed by atoms with Crippen molar-refractivity contribution in [2.45, 2.75) is 26.3 Å². The Labute approximate surface area is 117 Å². The van der Waals surface area contributed by atoms with Crippen molar-refractivity contribution in [2.75, 3.05) is 5.32 Å². The summed E-state index contributed by atoms with van der Waals surface area (Å²) in [5, 5.41) is 10.2. The van der Waals surface area contributed by atoms with Gasteiger partial charge in [0, 0.05) is 11.3 Å². The number of nitrogens with one attached hydrogen (secondary N) is 1. The lowest BCUT2D eigenvalue weighted by atomic mass is 10.0. The minimum absolute atomic E-state index is 0.177. The van der Waals surface area contributed by atoms with E-state index in [9.17, 15) is 4.79 Å². The molecule has 0 spiro atoms. The highest BCUT2D eigenvalue weighted by atomic mass is 16.4. The molecule has 1 aromatic heterocycles. The number of hydrogen-bond donors (Lipinski definition) is 2. The molecule has 1 heterocycles. The third kappa shape index (κ3) is 3.64. The standard InChI is InChI=1S/C14H18N4O2/c1-9(2)7-12(15)13(19)17-11-5-3-10(4-6-11)14-18-16-8-20-14/h3-6,8-9,12H,7,15H2,1-2H3,(H,17,19)/t12-/m1/s1. The molecule has 20 heavy (non-hydrogen) atoms. The molecule has 3 N–H and O–H groups in total. The molecule has 1 amide bonds. The van der Waals surface area contributed by atoms with E-state index in [1.54, 1.807) is 24.3 Å². The predicted octanol–water partition coefficient (Wildman–Crippen LogP) is 2.05. The van der Waals surface area contributed by atoms with Gasteiger partial charge in [-0.25, -0.2) is 0 Å². The molecule has 0 fully saturated rings. The molecule has 0 saturated heterocycles. The molecule has 0 unspecified atom stereocenters. The monoisotopic (exact) mass is 274 g/mol. The summed E-state index contributed by atoms with van der Waals surface area (Å²) in [6.45, 7) is 4.07. The van der Waals surface area contributed by atoms with E-state index in [0.717, 1.165) is 5.56 Å². The fourth-order valence-corrected chi connectivity index (χ4v) is 1.84. The average Bonchev–Trinajstić information content (AvgIpc) is 2.92. The van der Waals surface area contributed by atoms with Crippen LogP contribution >= 0.6 is 0 Å². The van der Waals surface area contributed by atoms with Gasteiger partial charge < -0.3 is 15.5 Å². The maximum atomic E-state index is 11.9. The quantitative estimate of drug-likeness (QED) is 0.870. The van der Waals surface area contributed by atoms with Gasteiger partial charge in [-0.3, -0.25) is 4.79 Å². The molecule has 2 aromatic rings. The first kappa shape index (κ1) is 14.2. The highest BCUT2D eigenvalue weighted by Gasteiger charge is 2.15. The summed E-state index contributed by atoms with van der Waals surface area (Å²) in [6, 6.07) is 6.67. The molecule has 0 aliphatic carbocycles. The van der Waals surface area contributed by atoms with Gasteiger partial charge in [0.25, 0.3) is 0 Å². The molecule has 1 atom stereocenters.